The third-order valence-corrected chi connectivity index (χ3v) is 11.3. The second-order valence-electron chi connectivity index (χ2n) is 10.2. The molecule has 1 aliphatic heterocycles. The molecule has 31 heavy (non-hydrogen) atoms. The lowest BCUT2D eigenvalue weighted by atomic mass is 9.73. The van der Waals surface area contributed by atoms with Gasteiger partial charge in [-0.05, 0) is 55.1 Å². The molecule has 2 aliphatic rings. The van der Waals surface area contributed by atoms with Crippen LogP contribution in [0.4, 0.5) is 8.78 Å². The van der Waals surface area contributed by atoms with E-state index in [2.05, 4.69) is 6.92 Å². The molecule has 0 spiro atoms. The Morgan fingerprint density at radius 3 is 2.32 bits per heavy atom. The summed E-state index contributed by atoms with van der Waals surface area (Å²) >= 11 is 5.36. The van der Waals surface area contributed by atoms with Crippen molar-refractivity contribution < 1.29 is 8.78 Å². The minimum Gasteiger partial charge on any atom is -0.225 e. The van der Waals surface area contributed by atoms with Gasteiger partial charge in [0, 0.05) is 14.4 Å². The molecule has 0 bridgehead atoms. The van der Waals surface area contributed by atoms with Gasteiger partial charge in [0.05, 0.1) is 0 Å². The lowest BCUT2D eigenvalue weighted by molar-refractivity contribution is 0.184. The Kier molecular flexibility index (Phi) is 10.8. The van der Waals surface area contributed by atoms with E-state index >= 15 is 0 Å². The second kappa shape index (κ2) is 13.3. The van der Waals surface area contributed by atoms with Crippen molar-refractivity contribution in [2.45, 2.75) is 114 Å². The minimum atomic E-state index is -1.76. The largest absolute Gasteiger partial charge is 0.225 e. The van der Waals surface area contributed by atoms with Crippen molar-refractivity contribution in [1.82, 2.24) is 0 Å². The normalized spacial score (nSPS) is 24.4. The minimum absolute atomic E-state index is 0.00332. The molecule has 0 aromatic heterocycles. The maximum absolute atomic E-state index is 13.9. The average molecular weight is 468 g/mol. The van der Waals surface area contributed by atoms with E-state index in [-0.39, 0.29) is 14.4 Å². The predicted octanol–water partition coefficient (Wildman–Crippen LogP) is 9.65. The lowest BCUT2D eigenvalue weighted by Crippen LogP contribution is -2.28. The number of rotatable bonds is 11. The molecule has 3 rings (SSSR count). The van der Waals surface area contributed by atoms with Gasteiger partial charge in [-0.2, -0.15) is 0 Å². The molecule has 1 radical (unpaired) electrons. The van der Waals surface area contributed by atoms with Gasteiger partial charge in [-0.15, -0.1) is 0 Å². The Balaban J connectivity index is 1.27. The number of unbranched alkanes of at least 4 members (excludes halogenated alkanes) is 3. The highest BCUT2D eigenvalue weighted by atomic mass is 35.5. The van der Waals surface area contributed by atoms with Crippen LogP contribution in [0.5, 0.6) is 0 Å². The van der Waals surface area contributed by atoms with E-state index < -0.39 is 11.4 Å². The van der Waals surface area contributed by atoms with Crippen molar-refractivity contribution in [2.24, 2.45) is 17.8 Å². The molecule has 0 nitrogen and oxygen atoms in total. The van der Waals surface area contributed by atoms with Crippen LogP contribution < -0.4 is 0 Å². The van der Waals surface area contributed by atoms with Gasteiger partial charge in [0.1, 0.15) is 5.82 Å². The summed E-state index contributed by atoms with van der Waals surface area (Å²) in [5.74, 6) is 2.43. The molecule has 175 valence electrons. The van der Waals surface area contributed by atoms with Crippen LogP contribution in [0.3, 0.4) is 0 Å². The smallest absolute Gasteiger partial charge is 0.201 e. The van der Waals surface area contributed by atoms with Crippen molar-refractivity contribution >= 4 is 20.4 Å². The van der Waals surface area contributed by atoms with Crippen LogP contribution in [0.1, 0.15) is 101 Å². The van der Waals surface area contributed by atoms with Crippen LogP contribution in [0.15, 0.2) is 18.2 Å². The number of hydrogen-bond acceptors (Lipinski definition) is 0. The Morgan fingerprint density at radius 1 is 0.968 bits per heavy atom. The highest BCUT2D eigenvalue weighted by Crippen LogP contribution is 2.42. The first-order valence-electron chi connectivity index (χ1n) is 13.0. The molecular formula is C27H42ClF2Si. The van der Waals surface area contributed by atoms with Crippen molar-refractivity contribution in [3.05, 3.63) is 35.1 Å². The van der Waals surface area contributed by atoms with Crippen LogP contribution in [-0.4, -0.2) is 8.80 Å². The summed E-state index contributed by atoms with van der Waals surface area (Å²) in [6, 6.07) is 9.53. The second-order valence-corrected chi connectivity index (χ2v) is 13.6. The van der Waals surface area contributed by atoms with E-state index in [9.17, 15) is 8.78 Å². The van der Waals surface area contributed by atoms with Gasteiger partial charge in [0.15, 0.2) is 0 Å². The molecule has 1 aromatic rings. The van der Waals surface area contributed by atoms with E-state index in [0.29, 0.717) is 0 Å². The number of benzene rings is 1. The van der Waals surface area contributed by atoms with Crippen LogP contribution in [0, 0.1) is 23.6 Å². The Labute approximate surface area is 196 Å². The first kappa shape index (κ1) is 25.2. The third kappa shape index (κ3) is 8.14. The monoisotopic (exact) mass is 467 g/mol. The Morgan fingerprint density at radius 2 is 1.68 bits per heavy atom. The molecular weight excluding hydrogens is 426 g/mol. The van der Waals surface area contributed by atoms with Gasteiger partial charge < -0.3 is 0 Å². The zero-order chi connectivity index (χ0) is 22.1. The zero-order valence-corrected chi connectivity index (χ0v) is 21.2. The molecule has 1 aromatic carbocycles. The molecule has 1 aliphatic carbocycles. The first-order valence-corrected chi connectivity index (χ1v) is 15.5. The van der Waals surface area contributed by atoms with E-state index in [4.69, 9.17) is 11.6 Å². The molecule has 1 atom stereocenters. The molecule has 1 saturated carbocycles. The van der Waals surface area contributed by atoms with Crippen molar-refractivity contribution in [3.8, 4) is 0 Å². The summed E-state index contributed by atoms with van der Waals surface area (Å²) in [5, 5.41) is 0. The van der Waals surface area contributed by atoms with Gasteiger partial charge >= 0.3 is 0 Å². The number of hydrogen-bond donors (Lipinski definition) is 0. The fraction of sp³-hybridized carbons (Fsp3) is 0.778. The van der Waals surface area contributed by atoms with E-state index in [0.717, 1.165) is 36.2 Å². The predicted molar refractivity (Wildman–Crippen MR) is 132 cm³/mol. The lowest BCUT2D eigenvalue weighted by Gasteiger charge is -2.37. The van der Waals surface area contributed by atoms with E-state index in [1.54, 1.807) is 18.1 Å². The third-order valence-electron chi connectivity index (χ3n) is 8.06. The SMILES string of the molecule is CCCCC[Si]1CCC(C2CCC(CCCCc3ccc(C(F)Cl)c(F)c3)CC2)CC1. The summed E-state index contributed by atoms with van der Waals surface area (Å²) in [5.41, 5.74) is -0.851. The van der Waals surface area contributed by atoms with Gasteiger partial charge in [0.25, 0.3) is 0 Å². The molecule has 4 heteroatoms. The van der Waals surface area contributed by atoms with Crippen LogP contribution in [0.2, 0.25) is 18.1 Å². The summed E-state index contributed by atoms with van der Waals surface area (Å²) in [4.78, 5) is 0. The van der Waals surface area contributed by atoms with Gasteiger partial charge in [0.2, 0.25) is 5.63 Å². The fourth-order valence-corrected chi connectivity index (χ4v) is 9.24. The van der Waals surface area contributed by atoms with Gasteiger partial charge in [-0.3, -0.25) is 0 Å². The zero-order valence-electron chi connectivity index (χ0n) is 19.5. The Bertz CT molecular complexity index is 634. The topological polar surface area (TPSA) is 0 Å². The first-order chi connectivity index (χ1) is 15.1. The van der Waals surface area contributed by atoms with Crippen LogP contribution >= 0.6 is 11.6 Å². The summed E-state index contributed by atoms with van der Waals surface area (Å²) in [6.45, 7) is 2.32. The number of halogens is 3. The summed E-state index contributed by atoms with van der Waals surface area (Å²) in [6.07, 6.45) is 17.6. The van der Waals surface area contributed by atoms with Crippen molar-refractivity contribution in [3.63, 3.8) is 0 Å². The average Bonchev–Trinajstić information content (AvgIpc) is 2.78. The molecule has 2 fully saturated rings. The summed E-state index contributed by atoms with van der Waals surface area (Å²) in [7, 11) is 0.00332. The van der Waals surface area contributed by atoms with E-state index in [1.165, 1.54) is 82.8 Å². The number of alkyl halides is 2. The molecule has 1 saturated heterocycles. The van der Waals surface area contributed by atoms with Crippen molar-refractivity contribution in [1.29, 1.82) is 0 Å². The molecule has 0 N–H and O–H groups in total. The van der Waals surface area contributed by atoms with E-state index in [1.807, 2.05) is 6.07 Å². The highest BCUT2D eigenvalue weighted by Gasteiger charge is 2.31. The molecule has 1 heterocycles. The highest BCUT2D eigenvalue weighted by molar-refractivity contribution is 6.58. The Hall–Kier alpha value is -0.413. The maximum atomic E-state index is 13.9. The quantitative estimate of drug-likeness (QED) is 0.172. The fourth-order valence-electron chi connectivity index (χ4n) is 6.01. The summed E-state index contributed by atoms with van der Waals surface area (Å²) < 4.78 is 26.9. The van der Waals surface area contributed by atoms with Crippen LogP contribution in [0.25, 0.3) is 0 Å². The van der Waals surface area contributed by atoms with Gasteiger partial charge in [-0.25, -0.2) is 8.78 Å². The van der Waals surface area contributed by atoms with Gasteiger partial charge in [-0.1, -0.05) is 107 Å². The maximum Gasteiger partial charge on any atom is 0.201 e. The van der Waals surface area contributed by atoms with Crippen molar-refractivity contribution in [2.75, 3.05) is 0 Å². The molecule has 0 amide bonds. The standard InChI is InChI=1S/C27H42ClF2Si/c1-2-3-6-17-31-18-15-24(16-19-31)23-12-9-21(10-13-23)7-4-5-8-22-11-14-25(27(28)30)26(29)20-22/h11,14,20-21,23-24,27H,2-10,12-13,15-19H2,1H3. The van der Waals surface area contributed by atoms with Crippen LogP contribution in [-0.2, 0) is 6.42 Å². The number of aryl methyl sites for hydroxylation is 1. The molecule has 1 unspecified atom stereocenters.